The predicted molar refractivity (Wildman–Crippen MR) is 87.6 cm³/mol. The summed E-state index contributed by atoms with van der Waals surface area (Å²) in [6.45, 7) is -0.485. The molecule has 1 aliphatic rings. The van der Waals surface area contributed by atoms with E-state index in [9.17, 15) is 15.0 Å². The third-order valence-electron chi connectivity index (χ3n) is 3.58. The fourth-order valence-electron chi connectivity index (χ4n) is 2.44. The molecule has 11 nitrogen and oxygen atoms in total. The molecule has 1 unspecified atom stereocenters. The molecular formula is C14H18N6O5. The molecule has 0 amide bonds. The second-order valence-corrected chi connectivity index (χ2v) is 5.55. The summed E-state index contributed by atoms with van der Waals surface area (Å²) >= 11 is 0. The molecule has 0 saturated heterocycles. The van der Waals surface area contributed by atoms with Gasteiger partial charge in [-0.15, -0.1) is 0 Å². The lowest BCUT2D eigenvalue weighted by molar-refractivity contribution is -0.0329. The van der Waals surface area contributed by atoms with Gasteiger partial charge in [-0.3, -0.25) is 14.3 Å². The highest BCUT2D eigenvalue weighted by molar-refractivity contribution is 5.71. The molecule has 25 heavy (non-hydrogen) atoms. The van der Waals surface area contributed by atoms with Gasteiger partial charge in [-0.05, 0) is 0 Å². The van der Waals surface area contributed by atoms with E-state index < -0.39 is 24.5 Å². The van der Waals surface area contributed by atoms with E-state index in [1.807, 2.05) is 0 Å². The molecule has 0 saturated carbocycles. The Kier molecular flexibility index (Phi) is 4.42. The highest BCUT2D eigenvalue weighted by Gasteiger charge is 2.39. The van der Waals surface area contributed by atoms with Crippen LogP contribution in [0.15, 0.2) is 27.6 Å². The maximum Gasteiger partial charge on any atom is 0.280 e. The van der Waals surface area contributed by atoms with E-state index in [0.29, 0.717) is 0 Å². The van der Waals surface area contributed by atoms with Crippen LogP contribution >= 0.6 is 0 Å². The summed E-state index contributed by atoms with van der Waals surface area (Å²) in [6.07, 6.45) is 1.12. The number of nitrogens with zero attached hydrogens (tertiary/aromatic N) is 5. The number of aliphatic imine (C=N–C) groups is 1. The number of aromatic amines is 1. The van der Waals surface area contributed by atoms with Crippen LogP contribution in [-0.4, -0.2) is 74.9 Å². The van der Waals surface area contributed by atoms with Gasteiger partial charge in [-0.1, -0.05) is 0 Å². The Hall–Kier alpha value is -2.92. The Labute approximate surface area is 141 Å². The van der Waals surface area contributed by atoms with Crippen LogP contribution in [0.25, 0.3) is 11.2 Å². The lowest BCUT2D eigenvalue weighted by Gasteiger charge is -2.19. The molecule has 0 fully saturated rings. The van der Waals surface area contributed by atoms with E-state index in [2.05, 4.69) is 19.9 Å². The molecule has 0 aliphatic carbocycles. The molecule has 0 spiro atoms. The van der Waals surface area contributed by atoms with Crippen LogP contribution in [0.2, 0.25) is 0 Å². The first-order valence-corrected chi connectivity index (χ1v) is 7.36. The van der Waals surface area contributed by atoms with Crippen molar-refractivity contribution in [3.05, 3.63) is 28.2 Å². The van der Waals surface area contributed by atoms with Crippen LogP contribution < -0.4 is 5.56 Å². The predicted octanol–water partition coefficient (Wildman–Crippen LogP) is -0.353. The first kappa shape index (κ1) is 16.9. The summed E-state index contributed by atoms with van der Waals surface area (Å²) in [5, 5.41) is 19.3. The molecule has 0 bridgehead atoms. The maximum absolute atomic E-state index is 12.2. The summed E-state index contributed by atoms with van der Waals surface area (Å²) in [4.78, 5) is 28.8. The minimum absolute atomic E-state index is 0.00519. The Morgan fingerprint density at radius 1 is 1.56 bits per heavy atom. The zero-order chi connectivity index (χ0) is 18.1. The van der Waals surface area contributed by atoms with Crippen LogP contribution in [0.1, 0.15) is 6.23 Å². The summed E-state index contributed by atoms with van der Waals surface area (Å²) in [5.41, 5.74) is -0.144. The lowest BCUT2D eigenvalue weighted by Crippen LogP contribution is -2.24. The summed E-state index contributed by atoms with van der Waals surface area (Å²) < 4.78 is 12.2. The van der Waals surface area contributed by atoms with Crippen molar-refractivity contribution < 1.29 is 19.7 Å². The Balaban J connectivity index is 2.07. The third-order valence-corrected chi connectivity index (χ3v) is 3.58. The number of aliphatic hydroxyl groups is 2. The fraction of sp³-hybridized carbons (Fsp3) is 0.429. The van der Waals surface area contributed by atoms with Crippen molar-refractivity contribution in [2.24, 2.45) is 4.99 Å². The van der Waals surface area contributed by atoms with Gasteiger partial charge < -0.3 is 24.6 Å². The number of hydrogen-bond acceptors (Lipinski definition) is 8. The minimum atomic E-state index is -0.866. The number of aromatic nitrogens is 4. The first-order valence-electron chi connectivity index (χ1n) is 7.36. The number of nitrogens with one attached hydrogen (secondary N) is 1. The Bertz CT molecular complexity index is 899. The molecule has 1 aliphatic heterocycles. The number of ether oxygens (including phenoxy) is 2. The Morgan fingerprint density at radius 3 is 2.96 bits per heavy atom. The number of imidazole rings is 1. The molecule has 2 aromatic rings. The van der Waals surface area contributed by atoms with Gasteiger partial charge in [0.2, 0.25) is 12.2 Å². The standard InChI is InChI=1S/C14H18N6O5/c1-19(2)5-16-14-17-11-8(12(23)18-14)15-6-20(11)13-10(24-3)9(22)7(4-21)25-13/h5-6,10,13,21-22H,4H2,1-3H3,(H,17,18,23)/t10-,13?/m0/s1. The topological polar surface area (TPSA) is 138 Å². The van der Waals surface area contributed by atoms with Crippen molar-refractivity contribution in [2.75, 3.05) is 27.8 Å². The summed E-state index contributed by atoms with van der Waals surface area (Å²) in [6, 6.07) is 0. The van der Waals surface area contributed by atoms with E-state index in [-0.39, 0.29) is 28.6 Å². The van der Waals surface area contributed by atoms with Gasteiger partial charge >= 0.3 is 0 Å². The van der Waals surface area contributed by atoms with Crippen LogP contribution in [0.5, 0.6) is 0 Å². The molecular weight excluding hydrogens is 332 g/mol. The van der Waals surface area contributed by atoms with Crippen molar-refractivity contribution in [1.29, 1.82) is 0 Å². The van der Waals surface area contributed by atoms with Crippen molar-refractivity contribution in [2.45, 2.75) is 12.3 Å². The number of hydrogen-bond donors (Lipinski definition) is 3. The molecule has 2 aromatic heterocycles. The average molecular weight is 350 g/mol. The largest absolute Gasteiger partial charge is 0.506 e. The first-order chi connectivity index (χ1) is 12.0. The number of H-pyrrole nitrogens is 1. The van der Waals surface area contributed by atoms with Gasteiger partial charge in [-0.2, -0.15) is 4.98 Å². The quantitative estimate of drug-likeness (QED) is 0.491. The van der Waals surface area contributed by atoms with Gasteiger partial charge in [0.05, 0.1) is 6.34 Å². The van der Waals surface area contributed by atoms with Crippen LogP contribution in [0.3, 0.4) is 0 Å². The summed E-state index contributed by atoms with van der Waals surface area (Å²) in [7, 11) is 4.96. The summed E-state index contributed by atoms with van der Waals surface area (Å²) in [5.74, 6) is -0.124. The van der Waals surface area contributed by atoms with Crippen LogP contribution in [0.4, 0.5) is 5.95 Å². The second kappa shape index (κ2) is 6.53. The molecule has 3 heterocycles. The van der Waals surface area contributed by atoms with Crippen molar-refractivity contribution in [3.8, 4) is 0 Å². The van der Waals surface area contributed by atoms with Gasteiger partial charge in [0.15, 0.2) is 28.8 Å². The molecule has 134 valence electrons. The SMILES string of the molecule is CO[C@H]1C(O)=C(CO)OC1n1cnc2c(=O)[nH]c(N=CN(C)C)nc21. The lowest BCUT2D eigenvalue weighted by atomic mass is 10.2. The van der Waals surface area contributed by atoms with Gasteiger partial charge in [0.25, 0.3) is 5.56 Å². The zero-order valence-electron chi connectivity index (χ0n) is 13.9. The van der Waals surface area contributed by atoms with Crippen LogP contribution in [-0.2, 0) is 9.47 Å². The van der Waals surface area contributed by atoms with Crippen molar-refractivity contribution in [3.63, 3.8) is 0 Å². The fourth-order valence-corrected chi connectivity index (χ4v) is 2.44. The Morgan fingerprint density at radius 2 is 2.32 bits per heavy atom. The molecule has 11 heteroatoms. The molecule has 3 N–H and O–H groups in total. The third kappa shape index (κ3) is 2.94. The van der Waals surface area contributed by atoms with E-state index in [1.165, 1.54) is 24.3 Å². The monoisotopic (exact) mass is 350 g/mol. The zero-order valence-corrected chi connectivity index (χ0v) is 13.9. The molecule has 0 aromatic carbocycles. The second-order valence-electron chi connectivity index (χ2n) is 5.55. The number of rotatable bonds is 5. The number of aliphatic hydroxyl groups excluding tert-OH is 2. The molecule has 0 radical (unpaired) electrons. The molecule has 3 rings (SSSR count). The highest BCUT2D eigenvalue weighted by atomic mass is 16.6. The van der Waals surface area contributed by atoms with Crippen molar-refractivity contribution >= 4 is 23.5 Å². The van der Waals surface area contributed by atoms with E-state index in [0.717, 1.165) is 0 Å². The van der Waals surface area contributed by atoms with Gasteiger partial charge in [0, 0.05) is 21.2 Å². The average Bonchev–Trinajstić information content (AvgIpc) is 3.13. The minimum Gasteiger partial charge on any atom is -0.506 e. The van der Waals surface area contributed by atoms with Crippen molar-refractivity contribution in [1.82, 2.24) is 24.4 Å². The van der Waals surface area contributed by atoms with Gasteiger partial charge in [-0.25, -0.2) is 9.98 Å². The van der Waals surface area contributed by atoms with E-state index in [4.69, 9.17) is 9.47 Å². The number of methoxy groups -OCH3 is 1. The highest BCUT2D eigenvalue weighted by Crippen LogP contribution is 2.34. The van der Waals surface area contributed by atoms with E-state index >= 15 is 0 Å². The van der Waals surface area contributed by atoms with Gasteiger partial charge in [0.1, 0.15) is 12.9 Å². The molecule has 2 atom stereocenters. The van der Waals surface area contributed by atoms with E-state index in [1.54, 1.807) is 19.0 Å². The normalized spacial score (nSPS) is 20.6. The van der Waals surface area contributed by atoms with Crippen LogP contribution in [0, 0.1) is 0 Å². The maximum atomic E-state index is 12.2. The number of fused-ring (bicyclic) bond motifs is 1. The smallest absolute Gasteiger partial charge is 0.280 e.